The number of rotatable bonds is 2. The van der Waals surface area contributed by atoms with Crippen molar-refractivity contribution in [2.45, 2.75) is 17.8 Å². The van der Waals surface area contributed by atoms with Crippen molar-refractivity contribution in [3.63, 3.8) is 0 Å². The van der Waals surface area contributed by atoms with Gasteiger partial charge in [0, 0.05) is 5.92 Å². The summed E-state index contributed by atoms with van der Waals surface area (Å²) in [7, 11) is 0. The number of fused-ring (bicyclic) bond motifs is 1. The van der Waals surface area contributed by atoms with Gasteiger partial charge in [-0.3, -0.25) is 0 Å². The van der Waals surface area contributed by atoms with Crippen molar-refractivity contribution in [1.82, 2.24) is 0 Å². The normalized spacial score (nSPS) is 34.8. The molecule has 0 radical (unpaired) electrons. The van der Waals surface area contributed by atoms with Crippen LogP contribution in [0.2, 0.25) is 0 Å². The molecule has 108 valence electrons. The molecule has 0 aromatic heterocycles. The summed E-state index contributed by atoms with van der Waals surface area (Å²) in [5.74, 6) is -0.0230. The maximum Gasteiger partial charge on any atom is 0.126 e. The van der Waals surface area contributed by atoms with Gasteiger partial charge < -0.3 is 14.6 Å². The Morgan fingerprint density at radius 2 is 1.48 bits per heavy atom. The number of benzene rings is 2. The summed E-state index contributed by atoms with van der Waals surface area (Å²) in [6, 6.07) is 20.0. The van der Waals surface area contributed by atoms with Gasteiger partial charge in [0.05, 0.1) is 19.3 Å². The zero-order chi connectivity index (χ0) is 14.3. The van der Waals surface area contributed by atoms with E-state index in [9.17, 15) is 5.11 Å². The van der Waals surface area contributed by atoms with Crippen LogP contribution in [0.3, 0.4) is 0 Å². The molecular weight excluding hydrogens is 264 g/mol. The van der Waals surface area contributed by atoms with E-state index < -0.39 is 5.60 Å². The Balaban J connectivity index is 1.66. The fraction of sp³-hybridized carbons (Fsp3) is 0.333. The molecule has 0 bridgehead atoms. The second-order valence-corrected chi connectivity index (χ2v) is 5.86. The summed E-state index contributed by atoms with van der Waals surface area (Å²) in [5.41, 5.74) is 1.18. The van der Waals surface area contributed by atoms with Crippen molar-refractivity contribution in [1.29, 1.82) is 0 Å². The first-order valence-electron chi connectivity index (χ1n) is 7.34. The van der Waals surface area contributed by atoms with Crippen molar-refractivity contribution < 1.29 is 14.6 Å². The number of hydrogen-bond acceptors (Lipinski definition) is 3. The topological polar surface area (TPSA) is 38.7 Å². The van der Waals surface area contributed by atoms with Crippen molar-refractivity contribution in [3.8, 4) is 0 Å². The van der Waals surface area contributed by atoms with E-state index in [1.165, 1.54) is 0 Å². The lowest BCUT2D eigenvalue weighted by atomic mass is 9.81. The molecule has 21 heavy (non-hydrogen) atoms. The molecule has 2 aliphatic rings. The largest absolute Gasteiger partial charge is 0.384 e. The highest BCUT2D eigenvalue weighted by atomic mass is 16.6. The Labute approximate surface area is 124 Å². The third-order valence-corrected chi connectivity index (χ3v) is 4.63. The van der Waals surface area contributed by atoms with E-state index in [0.717, 1.165) is 11.1 Å². The van der Waals surface area contributed by atoms with Crippen molar-refractivity contribution in [2.24, 2.45) is 5.92 Å². The van der Waals surface area contributed by atoms with Crippen LogP contribution in [-0.2, 0) is 9.47 Å². The van der Waals surface area contributed by atoms with Gasteiger partial charge in [0.15, 0.2) is 0 Å². The quantitative estimate of drug-likeness (QED) is 0.920. The molecule has 0 amide bonds. The second-order valence-electron chi connectivity index (χ2n) is 5.86. The summed E-state index contributed by atoms with van der Waals surface area (Å²) in [6.07, 6.45) is -0.401. The molecule has 0 unspecified atom stereocenters. The Hall–Kier alpha value is -1.68. The molecule has 4 atom stereocenters. The lowest BCUT2D eigenvalue weighted by molar-refractivity contribution is -0.0628. The van der Waals surface area contributed by atoms with Gasteiger partial charge in [-0.25, -0.2) is 0 Å². The minimum absolute atomic E-state index is 0.0230. The van der Waals surface area contributed by atoms with Crippen molar-refractivity contribution in [2.75, 3.05) is 13.2 Å². The predicted octanol–water partition coefficient (Wildman–Crippen LogP) is 2.88. The van der Waals surface area contributed by atoms with Crippen LogP contribution < -0.4 is 0 Å². The Bertz CT molecular complexity index is 613. The minimum atomic E-state index is -0.943. The van der Waals surface area contributed by atoms with Crippen LogP contribution in [0.25, 0.3) is 0 Å². The molecular formula is C18H18O3. The molecule has 3 heteroatoms. The van der Waals surface area contributed by atoms with Gasteiger partial charge in [0.25, 0.3) is 0 Å². The zero-order valence-electron chi connectivity index (χ0n) is 11.7. The summed E-state index contributed by atoms with van der Waals surface area (Å²) in [6.45, 7) is 0.840. The molecule has 2 fully saturated rings. The van der Waals surface area contributed by atoms with E-state index in [4.69, 9.17) is 9.47 Å². The average molecular weight is 282 g/mol. The predicted molar refractivity (Wildman–Crippen MR) is 78.7 cm³/mol. The highest BCUT2D eigenvalue weighted by Crippen LogP contribution is 2.52. The van der Waals surface area contributed by atoms with Crippen LogP contribution >= 0.6 is 0 Å². The van der Waals surface area contributed by atoms with Crippen LogP contribution in [0, 0.1) is 5.92 Å². The Morgan fingerprint density at radius 3 is 2.14 bits per heavy atom. The zero-order valence-corrected chi connectivity index (χ0v) is 11.7. The molecule has 2 aromatic carbocycles. The summed E-state index contributed by atoms with van der Waals surface area (Å²) in [5, 5.41) is 11.1. The highest BCUT2D eigenvalue weighted by molar-refractivity contribution is 5.27. The first-order valence-corrected chi connectivity index (χ1v) is 7.34. The van der Waals surface area contributed by atoms with Crippen LogP contribution in [0.15, 0.2) is 60.7 Å². The molecule has 0 spiro atoms. The van der Waals surface area contributed by atoms with E-state index in [0.29, 0.717) is 13.2 Å². The summed E-state index contributed by atoms with van der Waals surface area (Å²) < 4.78 is 11.9. The second kappa shape index (κ2) is 4.95. The molecule has 2 saturated heterocycles. The third kappa shape index (κ3) is 2.01. The van der Waals surface area contributed by atoms with E-state index in [1.54, 1.807) is 0 Å². The third-order valence-electron chi connectivity index (χ3n) is 4.63. The van der Waals surface area contributed by atoms with Gasteiger partial charge in [0.1, 0.15) is 11.7 Å². The van der Waals surface area contributed by atoms with E-state index in [2.05, 4.69) is 0 Å². The van der Waals surface area contributed by atoms with Crippen LogP contribution in [0.5, 0.6) is 0 Å². The minimum Gasteiger partial charge on any atom is -0.384 e. The Kier molecular flexibility index (Phi) is 3.07. The van der Waals surface area contributed by atoms with E-state index in [1.807, 2.05) is 60.7 Å². The van der Waals surface area contributed by atoms with Crippen molar-refractivity contribution in [3.05, 3.63) is 71.8 Å². The van der Waals surface area contributed by atoms with Gasteiger partial charge in [0.2, 0.25) is 0 Å². The standard InChI is InChI=1S/C18H18O3/c19-18-12-21-16(13-7-3-1-4-8-13)15(18)11-20-17(18)14-9-5-2-6-10-14/h1-10,15-17,19H,11-12H2/t15-,16+,17-,18-/m1/s1. The van der Waals surface area contributed by atoms with Crippen LogP contribution in [0.1, 0.15) is 23.3 Å². The molecule has 2 aromatic rings. The first-order chi connectivity index (χ1) is 10.3. The summed E-state index contributed by atoms with van der Waals surface area (Å²) in [4.78, 5) is 0. The molecule has 2 aliphatic heterocycles. The monoisotopic (exact) mass is 282 g/mol. The lowest BCUT2D eigenvalue weighted by Gasteiger charge is -2.27. The number of aliphatic hydroxyl groups is 1. The number of ether oxygens (including phenoxy) is 2. The molecule has 1 N–H and O–H groups in total. The fourth-order valence-corrected chi connectivity index (χ4v) is 3.54. The lowest BCUT2D eigenvalue weighted by Crippen LogP contribution is -2.39. The number of hydrogen-bond donors (Lipinski definition) is 1. The van der Waals surface area contributed by atoms with Gasteiger partial charge in [-0.15, -0.1) is 0 Å². The van der Waals surface area contributed by atoms with Gasteiger partial charge >= 0.3 is 0 Å². The van der Waals surface area contributed by atoms with Crippen LogP contribution in [0.4, 0.5) is 0 Å². The average Bonchev–Trinajstić information content (AvgIpc) is 3.03. The molecule has 3 nitrogen and oxygen atoms in total. The molecule has 4 rings (SSSR count). The first kappa shape index (κ1) is 13.0. The smallest absolute Gasteiger partial charge is 0.126 e. The van der Waals surface area contributed by atoms with Gasteiger partial charge in [-0.1, -0.05) is 60.7 Å². The maximum atomic E-state index is 11.1. The van der Waals surface area contributed by atoms with Crippen molar-refractivity contribution >= 4 is 0 Å². The van der Waals surface area contributed by atoms with E-state index >= 15 is 0 Å². The molecule has 2 heterocycles. The van der Waals surface area contributed by atoms with Gasteiger partial charge in [-0.2, -0.15) is 0 Å². The molecule has 0 aliphatic carbocycles. The highest BCUT2D eigenvalue weighted by Gasteiger charge is 2.59. The van der Waals surface area contributed by atoms with Gasteiger partial charge in [-0.05, 0) is 11.1 Å². The van der Waals surface area contributed by atoms with E-state index in [-0.39, 0.29) is 18.1 Å². The van der Waals surface area contributed by atoms with Crippen LogP contribution in [-0.4, -0.2) is 23.9 Å². The molecule has 0 saturated carbocycles. The Morgan fingerprint density at radius 1 is 0.857 bits per heavy atom. The SMILES string of the molecule is O[C@]12CO[C@@H](c3ccccc3)[C@H]1CO[C@@H]2c1ccccc1. The maximum absolute atomic E-state index is 11.1. The fourth-order valence-electron chi connectivity index (χ4n) is 3.54. The summed E-state index contributed by atoms with van der Waals surface area (Å²) >= 11 is 0.